The lowest BCUT2D eigenvalue weighted by molar-refractivity contribution is 0.305. The molecule has 0 aliphatic heterocycles. The highest BCUT2D eigenvalue weighted by molar-refractivity contribution is 7.11. The van der Waals surface area contributed by atoms with E-state index in [-0.39, 0.29) is 0 Å². The molecule has 0 fully saturated rings. The van der Waals surface area contributed by atoms with E-state index in [0.29, 0.717) is 13.2 Å². The third-order valence-corrected chi connectivity index (χ3v) is 3.38. The molecular formula is C12H14N2OS. The predicted molar refractivity (Wildman–Crippen MR) is 65.5 cm³/mol. The summed E-state index contributed by atoms with van der Waals surface area (Å²) in [6, 6.07) is 9.74. The molecule has 3 nitrogen and oxygen atoms in total. The van der Waals surface area contributed by atoms with Gasteiger partial charge in [-0.1, -0.05) is 18.2 Å². The van der Waals surface area contributed by atoms with Gasteiger partial charge in [-0.25, -0.2) is 4.98 Å². The molecule has 2 N–H and O–H groups in total. The highest BCUT2D eigenvalue weighted by Gasteiger charge is 2.06. The minimum absolute atomic E-state index is 0.509. The Hall–Kier alpha value is -1.39. The number of nitrogens with zero attached hydrogens (tertiary/aromatic N) is 1. The van der Waals surface area contributed by atoms with Crippen LogP contribution in [-0.2, 0) is 13.2 Å². The zero-order valence-electron chi connectivity index (χ0n) is 9.14. The van der Waals surface area contributed by atoms with Gasteiger partial charge in [-0.05, 0) is 19.1 Å². The lowest BCUT2D eigenvalue weighted by atomic mass is 10.3. The average molecular weight is 234 g/mol. The Kier molecular flexibility index (Phi) is 3.54. The van der Waals surface area contributed by atoms with Gasteiger partial charge in [-0.2, -0.15) is 0 Å². The summed E-state index contributed by atoms with van der Waals surface area (Å²) < 4.78 is 5.61. The second-order valence-electron chi connectivity index (χ2n) is 3.42. The summed E-state index contributed by atoms with van der Waals surface area (Å²) in [5.41, 5.74) is 6.61. The molecule has 84 valence electrons. The Morgan fingerprint density at radius 2 is 2.06 bits per heavy atom. The number of aryl methyl sites for hydroxylation is 1. The minimum Gasteiger partial charge on any atom is -0.486 e. The number of hydrogen-bond donors (Lipinski definition) is 1. The number of rotatable bonds is 4. The summed E-state index contributed by atoms with van der Waals surface area (Å²) in [6.45, 7) is 3.04. The van der Waals surface area contributed by atoms with Crippen molar-refractivity contribution in [2.45, 2.75) is 20.1 Å². The van der Waals surface area contributed by atoms with Crippen LogP contribution in [0.15, 0.2) is 30.3 Å². The number of para-hydroxylation sites is 1. The van der Waals surface area contributed by atoms with Crippen LogP contribution in [0.25, 0.3) is 0 Å². The van der Waals surface area contributed by atoms with Crippen molar-refractivity contribution < 1.29 is 4.74 Å². The molecule has 1 aromatic carbocycles. The number of hydrogen-bond acceptors (Lipinski definition) is 4. The van der Waals surface area contributed by atoms with Crippen LogP contribution >= 0.6 is 11.3 Å². The van der Waals surface area contributed by atoms with E-state index < -0.39 is 0 Å². The molecule has 0 unspecified atom stereocenters. The van der Waals surface area contributed by atoms with E-state index in [2.05, 4.69) is 4.98 Å². The number of thiazole rings is 1. The largest absolute Gasteiger partial charge is 0.486 e. The standard InChI is InChI=1S/C12H14N2OS/c1-9-11(7-13)16-12(14-9)8-15-10-5-3-2-4-6-10/h2-6H,7-8,13H2,1H3. The maximum atomic E-state index is 5.61. The average Bonchev–Trinajstić information content (AvgIpc) is 2.69. The summed E-state index contributed by atoms with van der Waals surface area (Å²) in [7, 11) is 0. The third-order valence-electron chi connectivity index (χ3n) is 2.23. The van der Waals surface area contributed by atoms with E-state index in [0.717, 1.165) is 21.3 Å². The first-order valence-electron chi connectivity index (χ1n) is 5.12. The summed E-state index contributed by atoms with van der Waals surface area (Å²) in [5, 5.41) is 0.974. The summed E-state index contributed by atoms with van der Waals surface area (Å²) >= 11 is 1.62. The van der Waals surface area contributed by atoms with Crippen LogP contribution in [0.1, 0.15) is 15.6 Å². The van der Waals surface area contributed by atoms with E-state index in [1.807, 2.05) is 37.3 Å². The van der Waals surface area contributed by atoms with Crippen LogP contribution in [0, 0.1) is 6.92 Å². The van der Waals surface area contributed by atoms with Crippen LogP contribution in [-0.4, -0.2) is 4.98 Å². The minimum atomic E-state index is 0.509. The maximum Gasteiger partial charge on any atom is 0.140 e. The lowest BCUT2D eigenvalue weighted by Gasteiger charge is -2.02. The zero-order valence-corrected chi connectivity index (χ0v) is 9.96. The van der Waals surface area contributed by atoms with Crippen LogP contribution in [0.5, 0.6) is 5.75 Å². The summed E-state index contributed by atoms with van der Waals surface area (Å²) in [5.74, 6) is 0.865. The van der Waals surface area contributed by atoms with Gasteiger partial charge in [0, 0.05) is 11.4 Å². The number of nitrogens with two attached hydrogens (primary N) is 1. The molecule has 0 spiro atoms. The molecule has 0 saturated carbocycles. The highest BCUT2D eigenvalue weighted by Crippen LogP contribution is 2.19. The highest BCUT2D eigenvalue weighted by atomic mass is 32.1. The van der Waals surface area contributed by atoms with E-state index >= 15 is 0 Å². The van der Waals surface area contributed by atoms with Crippen molar-refractivity contribution in [3.8, 4) is 5.75 Å². The smallest absolute Gasteiger partial charge is 0.140 e. The molecule has 0 amide bonds. The molecule has 2 aromatic rings. The van der Waals surface area contributed by atoms with Crippen molar-refractivity contribution in [1.82, 2.24) is 4.98 Å². The van der Waals surface area contributed by atoms with E-state index in [4.69, 9.17) is 10.5 Å². The van der Waals surface area contributed by atoms with Crippen molar-refractivity contribution in [1.29, 1.82) is 0 Å². The van der Waals surface area contributed by atoms with Crippen LogP contribution in [0.3, 0.4) is 0 Å². The van der Waals surface area contributed by atoms with Gasteiger partial charge < -0.3 is 10.5 Å². The van der Waals surface area contributed by atoms with Crippen molar-refractivity contribution in [2.75, 3.05) is 0 Å². The molecule has 0 saturated heterocycles. The molecule has 4 heteroatoms. The van der Waals surface area contributed by atoms with Gasteiger partial charge in [0.25, 0.3) is 0 Å². The maximum absolute atomic E-state index is 5.61. The predicted octanol–water partition coefficient (Wildman–Crippen LogP) is 2.49. The van der Waals surface area contributed by atoms with Gasteiger partial charge in [0.1, 0.15) is 17.4 Å². The molecule has 0 aliphatic carbocycles. The number of benzene rings is 1. The van der Waals surface area contributed by atoms with Gasteiger partial charge in [0.15, 0.2) is 0 Å². The second kappa shape index (κ2) is 5.09. The van der Waals surface area contributed by atoms with Gasteiger partial charge in [0.05, 0.1) is 5.69 Å². The van der Waals surface area contributed by atoms with Crippen molar-refractivity contribution in [3.63, 3.8) is 0 Å². The van der Waals surface area contributed by atoms with Crippen LogP contribution < -0.4 is 10.5 Å². The van der Waals surface area contributed by atoms with Crippen LogP contribution in [0.2, 0.25) is 0 Å². The first kappa shape index (κ1) is 11.1. The van der Waals surface area contributed by atoms with Crippen LogP contribution in [0.4, 0.5) is 0 Å². The summed E-state index contributed by atoms with van der Waals surface area (Å²) in [4.78, 5) is 5.54. The van der Waals surface area contributed by atoms with Crippen molar-refractivity contribution >= 4 is 11.3 Å². The topological polar surface area (TPSA) is 48.1 Å². The first-order chi connectivity index (χ1) is 7.79. The number of ether oxygens (including phenoxy) is 1. The van der Waals surface area contributed by atoms with Gasteiger partial charge in [0.2, 0.25) is 0 Å². The Bertz CT molecular complexity index is 453. The van der Waals surface area contributed by atoms with Gasteiger partial charge in [-0.15, -0.1) is 11.3 Å². The molecule has 0 radical (unpaired) electrons. The molecule has 16 heavy (non-hydrogen) atoms. The Morgan fingerprint density at radius 3 is 2.69 bits per heavy atom. The van der Waals surface area contributed by atoms with Crippen molar-refractivity contribution in [2.24, 2.45) is 5.73 Å². The number of aromatic nitrogens is 1. The quantitative estimate of drug-likeness (QED) is 0.884. The molecule has 2 rings (SSSR count). The SMILES string of the molecule is Cc1nc(COc2ccccc2)sc1CN. The summed E-state index contributed by atoms with van der Waals surface area (Å²) in [6.07, 6.45) is 0. The monoisotopic (exact) mass is 234 g/mol. The second-order valence-corrected chi connectivity index (χ2v) is 4.59. The zero-order chi connectivity index (χ0) is 11.4. The Morgan fingerprint density at radius 1 is 1.31 bits per heavy atom. The van der Waals surface area contributed by atoms with E-state index in [9.17, 15) is 0 Å². The van der Waals surface area contributed by atoms with Crippen molar-refractivity contribution in [3.05, 3.63) is 45.9 Å². The first-order valence-corrected chi connectivity index (χ1v) is 5.94. The Labute approximate surface area is 98.9 Å². The fraction of sp³-hybridized carbons (Fsp3) is 0.250. The normalized spacial score (nSPS) is 10.4. The lowest BCUT2D eigenvalue weighted by Crippen LogP contribution is -1.94. The third kappa shape index (κ3) is 2.59. The molecular weight excluding hydrogens is 220 g/mol. The van der Waals surface area contributed by atoms with Gasteiger partial charge >= 0.3 is 0 Å². The molecule has 0 bridgehead atoms. The van der Waals surface area contributed by atoms with Gasteiger partial charge in [-0.3, -0.25) is 0 Å². The fourth-order valence-corrected chi connectivity index (χ4v) is 2.26. The molecule has 1 aromatic heterocycles. The van der Waals surface area contributed by atoms with E-state index in [1.54, 1.807) is 11.3 Å². The molecule has 0 atom stereocenters. The van der Waals surface area contributed by atoms with E-state index in [1.165, 1.54) is 0 Å². The fourth-order valence-electron chi connectivity index (χ4n) is 1.40. The Balaban J connectivity index is 2.00. The molecule has 0 aliphatic rings. The molecule has 1 heterocycles.